The van der Waals surface area contributed by atoms with Crippen LogP contribution in [0.5, 0.6) is 0 Å². The first kappa shape index (κ1) is 34.7. The Bertz CT molecular complexity index is 1380. The fraction of sp³-hybridized carbons (Fsp3) is 0.400. The van der Waals surface area contributed by atoms with E-state index in [0.717, 1.165) is 41.6 Å². The lowest BCUT2D eigenvalue weighted by molar-refractivity contribution is -0.116. The Labute approximate surface area is 256 Å². The van der Waals surface area contributed by atoms with Crippen LogP contribution in [-0.4, -0.2) is 11.6 Å². The van der Waals surface area contributed by atoms with Gasteiger partial charge in [0, 0.05) is 11.8 Å². The molecular weight excluding hydrogens is 512 g/mol. The number of allylic oxidation sites excluding steroid dienone is 22. The smallest absolute Gasteiger partial charge is 0.181 e. The van der Waals surface area contributed by atoms with Gasteiger partial charge in [-0.1, -0.05) is 135 Å². The largest absolute Gasteiger partial charge is 0.295 e. The second-order valence-corrected chi connectivity index (χ2v) is 13.1. The number of carbonyl (C=O) groups is 2. The van der Waals surface area contributed by atoms with Crippen LogP contribution < -0.4 is 0 Å². The summed E-state index contributed by atoms with van der Waals surface area (Å²) >= 11 is 0. The normalized spacial score (nSPS) is 21.0. The Kier molecular flexibility index (Phi) is 12.9. The molecule has 0 saturated carbocycles. The summed E-state index contributed by atoms with van der Waals surface area (Å²) in [4.78, 5) is 24.2. The number of rotatable bonds is 11. The van der Waals surface area contributed by atoms with E-state index in [-0.39, 0.29) is 22.4 Å². The van der Waals surface area contributed by atoms with Crippen LogP contribution in [0.25, 0.3) is 0 Å². The SMILES string of the molecule is CC1=C(CC/C(C)=C/C=C/C(C)=C/C=C/C=C(C)/C=C/C=C(C)/C=C/C2=C(C)C(=O)CCC2(C)C)C(C)(C)C=CC1=O. The molecule has 2 aliphatic rings. The van der Waals surface area contributed by atoms with Gasteiger partial charge in [0.05, 0.1) is 0 Å². The van der Waals surface area contributed by atoms with Crippen molar-refractivity contribution in [3.63, 3.8) is 0 Å². The summed E-state index contributed by atoms with van der Waals surface area (Å²) in [6.07, 6.45) is 32.4. The molecule has 0 saturated heterocycles. The Balaban J connectivity index is 1.88. The third kappa shape index (κ3) is 10.7. The van der Waals surface area contributed by atoms with Gasteiger partial charge in [0.2, 0.25) is 0 Å². The second-order valence-electron chi connectivity index (χ2n) is 13.1. The van der Waals surface area contributed by atoms with E-state index >= 15 is 0 Å². The molecule has 2 rings (SSSR count). The average molecular weight is 565 g/mol. The van der Waals surface area contributed by atoms with Crippen molar-refractivity contribution in [2.24, 2.45) is 10.8 Å². The zero-order chi connectivity index (χ0) is 31.5. The highest BCUT2D eigenvalue weighted by Crippen LogP contribution is 2.40. The van der Waals surface area contributed by atoms with Crippen molar-refractivity contribution in [2.45, 2.75) is 94.9 Å². The van der Waals surface area contributed by atoms with Crippen LogP contribution in [0, 0.1) is 10.8 Å². The molecule has 2 heteroatoms. The minimum atomic E-state index is -0.0533. The first-order valence-electron chi connectivity index (χ1n) is 15.2. The van der Waals surface area contributed by atoms with E-state index in [1.807, 2.05) is 19.9 Å². The van der Waals surface area contributed by atoms with Crippen molar-refractivity contribution in [3.05, 3.63) is 130 Å². The quantitative estimate of drug-likeness (QED) is 0.234. The van der Waals surface area contributed by atoms with Crippen molar-refractivity contribution in [2.75, 3.05) is 0 Å². The van der Waals surface area contributed by atoms with Gasteiger partial charge in [-0.05, 0) is 89.0 Å². The maximum absolute atomic E-state index is 12.2. The standard InChI is InChI=1S/C40H52O2/c1-29(17-13-19-31(3)21-23-35-33(5)37(41)25-27-39(35,7)8)15-11-12-16-30(2)18-14-20-32(4)22-24-36-34(6)38(42)26-28-40(36,9)10/h11-21,23,26,28H,22,24-25,27H2,1-10H3/b12-11+,17-13+,18-14+,23-21+,29-15+,30-16+,31-19+,32-20+. The first-order chi connectivity index (χ1) is 19.6. The van der Waals surface area contributed by atoms with Crippen molar-refractivity contribution in [1.29, 1.82) is 0 Å². The molecule has 0 spiro atoms. The Morgan fingerprint density at radius 2 is 1.31 bits per heavy atom. The zero-order valence-corrected chi connectivity index (χ0v) is 27.7. The third-order valence-electron chi connectivity index (χ3n) is 8.35. The highest BCUT2D eigenvalue weighted by atomic mass is 16.1. The highest BCUT2D eigenvalue weighted by Gasteiger charge is 2.30. The van der Waals surface area contributed by atoms with E-state index in [1.54, 1.807) is 6.08 Å². The van der Waals surface area contributed by atoms with Crippen LogP contribution in [0.15, 0.2) is 130 Å². The first-order valence-corrected chi connectivity index (χ1v) is 15.2. The summed E-state index contributed by atoms with van der Waals surface area (Å²) in [5.41, 5.74) is 9.00. The molecule has 0 aromatic carbocycles. The molecule has 0 radical (unpaired) electrons. The topological polar surface area (TPSA) is 34.1 Å². The Morgan fingerprint density at radius 1 is 0.762 bits per heavy atom. The van der Waals surface area contributed by atoms with Crippen LogP contribution in [0.1, 0.15) is 94.9 Å². The molecule has 0 heterocycles. The molecule has 0 aliphatic heterocycles. The number of Topliss-reactive ketones (excluding diaryl/α,β-unsaturated/α-hetero) is 1. The number of hydrogen-bond acceptors (Lipinski definition) is 2. The summed E-state index contributed by atoms with van der Waals surface area (Å²) in [7, 11) is 0. The fourth-order valence-electron chi connectivity index (χ4n) is 5.33. The van der Waals surface area contributed by atoms with E-state index in [4.69, 9.17) is 0 Å². The summed E-state index contributed by atoms with van der Waals surface area (Å²) in [6, 6.07) is 0. The van der Waals surface area contributed by atoms with Gasteiger partial charge in [-0.3, -0.25) is 9.59 Å². The van der Waals surface area contributed by atoms with Crippen LogP contribution >= 0.6 is 0 Å². The monoisotopic (exact) mass is 564 g/mol. The molecule has 0 amide bonds. The van der Waals surface area contributed by atoms with Gasteiger partial charge in [0.15, 0.2) is 11.6 Å². The molecule has 0 fully saturated rings. The van der Waals surface area contributed by atoms with Gasteiger partial charge in [-0.2, -0.15) is 0 Å². The molecule has 224 valence electrons. The van der Waals surface area contributed by atoms with Crippen molar-refractivity contribution >= 4 is 11.6 Å². The molecule has 0 N–H and O–H groups in total. The fourth-order valence-corrected chi connectivity index (χ4v) is 5.33. The molecule has 2 aliphatic carbocycles. The average Bonchev–Trinajstić information content (AvgIpc) is 2.91. The molecule has 0 aromatic rings. The van der Waals surface area contributed by atoms with E-state index in [2.05, 4.69) is 128 Å². The second kappa shape index (κ2) is 15.6. The molecular formula is C40H52O2. The van der Waals surface area contributed by atoms with Crippen molar-refractivity contribution in [1.82, 2.24) is 0 Å². The Morgan fingerprint density at radius 3 is 1.93 bits per heavy atom. The van der Waals surface area contributed by atoms with Gasteiger partial charge in [0.1, 0.15) is 0 Å². The molecule has 42 heavy (non-hydrogen) atoms. The van der Waals surface area contributed by atoms with Gasteiger partial charge >= 0.3 is 0 Å². The maximum atomic E-state index is 12.2. The lowest BCUT2D eigenvalue weighted by Crippen LogP contribution is -2.24. The van der Waals surface area contributed by atoms with Gasteiger partial charge in [-0.25, -0.2) is 0 Å². The predicted octanol–water partition coefficient (Wildman–Crippen LogP) is 11.0. The van der Waals surface area contributed by atoms with E-state index in [0.29, 0.717) is 6.42 Å². The lowest BCUT2D eigenvalue weighted by atomic mass is 9.72. The van der Waals surface area contributed by atoms with Gasteiger partial charge in [-0.15, -0.1) is 0 Å². The lowest BCUT2D eigenvalue weighted by Gasteiger charge is -2.32. The maximum Gasteiger partial charge on any atom is 0.181 e. The number of ketones is 2. The van der Waals surface area contributed by atoms with E-state index in [9.17, 15) is 9.59 Å². The minimum Gasteiger partial charge on any atom is -0.295 e. The van der Waals surface area contributed by atoms with Crippen molar-refractivity contribution in [3.8, 4) is 0 Å². The molecule has 0 bridgehead atoms. The van der Waals surface area contributed by atoms with Gasteiger partial charge < -0.3 is 0 Å². The van der Waals surface area contributed by atoms with Crippen LogP contribution in [0.2, 0.25) is 0 Å². The Hall–Kier alpha value is -3.52. The summed E-state index contributed by atoms with van der Waals surface area (Å²) in [5.74, 6) is 0.414. The van der Waals surface area contributed by atoms with Crippen LogP contribution in [0.3, 0.4) is 0 Å². The predicted molar refractivity (Wildman–Crippen MR) is 182 cm³/mol. The minimum absolute atomic E-state index is 0.0412. The number of hydrogen-bond donors (Lipinski definition) is 0. The molecule has 0 atom stereocenters. The zero-order valence-electron chi connectivity index (χ0n) is 27.7. The summed E-state index contributed by atoms with van der Waals surface area (Å²) in [6.45, 7) is 21.1. The molecule has 0 aromatic heterocycles. The van der Waals surface area contributed by atoms with E-state index in [1.165, 1.54) is 22.3 Å². The summed E-state index contributed by atoms with van der Waals surface area (Å²) < 4.78 is 0. The van der Waals surface area contributed by atoms with Gasteiger partial charge in [0.25, 0.3) is 0 Å². The summed E-state index contributed by atoms with van der Waals surface area (Å²) in [5, 5.41) is 0. The molecule has 2 nitrogen and oxygen atoms in total. The van der Waals surface area contributed by atoms with Crippen LogP contribution in [0.4, 0.5) is 0 Å². The molecule has 0 unspecified atom stereocenters. The highest BCUT2D eigenvalue weighted by molar-refractivity contribution is 6.05. The van der Waals surface area contributed by atoms with Crippen LogP contribution in [-0.2, 0) is 9.59 Å². The van der Waals surface area contributed by atoms with E-state index < -0.39 is 0 Å². The van der Waals surface area contributed by atoms with Crippen molar-refractivity contribution < 1.29 is 9.59 Å². The number of carbonyl (C=O) groups excluding carboxylic acids is 2. The third-order valence-corrected chi connectivity index (χ3v) is 8.35.